The highest BCUT2D eigenvalue weighted by Crippen LogP contribution is 2.31. The number of urea groups is 1. The number of nitrogens with zero attached hydrogens (tertiary/aromatic N) is 2. The Hall–Kier alpha value is -1.86. The number of carbonyl (C=O) groups is 2. The summed E-state index contributed by atoms with van der Waals surface area (Å²) in [5, 5.41) is 0.267. The molecule has 6 nitrogen and oxygen atoms in total. The molecular formula is C22H28ClFN2O4. The normalized spacial score (nSPS) is 26.3. The van der Waals surface area contributed by atoms with Gasteiger partial charge in [0, 0.05) is 38.5 Å². The molecular weight excluding hydrogens is 411 g/mol. The first kappa shape index (κ1) is 21.4. The van der Waals surface area contributed by atoms with Crippen LogP contribution < -0.4 is 4.74 Å². The SMILES string of the molecule is C[C@@H](Oc1ccc(F)cc1Cl)C1CCN(C(=O)N2CC[C@@H]3OCC(=O)C[C@@H]3C2)CC1. The predicted octanol–water partition coefficient (Wildman–Crippen LogP) is 3.76. The Labute approximate surface area is 181 Å². The van der Waals surface area contributed by atoms with Crippen molar-refractivity contribution >= 4 is 23.4 Å². The van der Waals surface area contributed by atoms with Gasteiger partial charge in [-0.3, -0.25) is 4.79 Å². The number of halogens is 2. The molecule has 0 N–H and O–H groups in total. The molecule has 0 spiro atoms. The van der Waals surface area contributed by atoms with Crippen LogP contribution in [0, 0.1) is 17.7 Å². The van der Waals surface area contributed by atoms with E-state index in [0.29, 0.717) is 44.3 Å². The fraction of sp³-hybridized carbons (Fsp3) is 0.636. The number of rotatable bonds is 3. The molecule has 1 aromatic rings. The summed E-state index contributed by atoms with van der Waals surface area (Å²) in [7, 11) is 0. The van der Waals surface area contributed by atoms with Crippen molar-refractivity contribution in [2.75, 3.05) is 32.8 Å². The van der Waals surface area contributed by atoms with E-state index in [1.807, 2.05) is 16.7 Å². The summed E-state index contributed by atoms with van der Waals surface area (Å²) in [5.41, 5.74) is 0. The molecule has 8 heteroatoms. The Bertz CT molecular complexity index is 799. The number of fused-ring (bicyclic) bond motifs is 1. The summed E-state index contributed by atoms with van der Waals surface area (Å²) < 4.78 is 24.8. The number of carbonyl (C=O) groups excluding carboxylic acids is 2. The molecule has 0 aliphatic carbocycles. The molecule has 3 aliphatic heterocycles. The predicted molar refractivity (Wildman–Crippen MR) is 110 cm³/mol. The molecule has 3 heterocycles. The molecule has 0 radical (unpaired) electrons. The van der Waals surface area contributed by atoms with Gasteiger partial charge in [-0.25, -0.2) is 9.18 Å². The molecule has 2 amide bonds. The van der Waals surface area contributed by atoms with Crippen LogP contribution in [0.1, 0.15) is 32.6 Å². The first-order valence-electron chi connectivity index (χ1n) is 10.7. The average Bonchev–Trinajstić information content (AvgIpc) is 2.74. The van der Waals surface area contributed by atoms with Crippen molar-refractivity contribution in [3.8, 4) is 5.75 Å². The van der Waals surface area contributed by atoms with E-state index in [1.165, 1.54) is 12.1 Å². The van der Waals surface area contributed by atoms with Gasteiger partial charge in [-0.1, -0.05) is 11.6 Å². The molecule has 4 rings (SSSR count). The Kier molecular flexibility index (Phi) is 6.48. The smallest absolute Gasteiger partial charge is 0.320 e. The Morgan fingerprint density at radius 2 is 1.97 bits per heavy atom. The third-order valence-electron chi connectivity index (χ3n) is 6.56. The minimum Gasteiger partial charge on any atom is -0.489 e. The quantitative estimate of drug-likeness (QED) is 0.721. The van der Waals surface area contributed by atoms with Crippen molar-refractivity contribution in [1.82, 2.24) is 9.80 Å². The third-order valence-corrected chi connectivity index (χ3v) is 6.86. The van der Waals surface area contributed by atoms with Crippen molar-refractivity contribution in [3.63, 3.8) is 0 Å². The van der Waals surface area contributed by atoms with Gasteiger partial charge in [-0.2, -0.15) is 0 Å². The zero-order chi connectivity index (χ0) is 21.3. The van der Waals surface area contributed by atoms with E-state index in [-0.39, 0.29) is 47.4 Å². The van der Waals surface area contributed by atoms with Gasteiger partial charge < -0.3 is 19.3 Å². The molecule has 3 saturated heterocycles. The zero-order valence-corrected chi connectivity index (χ0v) is 17.9. The van der Waals surface area contributed by atoms with E-state index in [4.69, 9.17) is 21.1 Å². The van der Waals surface area contributed by atoms with Crippen LogP contribution in [0.2, 0.25) is 5.02 Å². The van der Waals surface area contributed by atoms with Crippen LogP contribution in [0.3, 0.4) is 0 Å². The highest BCUT2D eigenvalue weighted by atomic mass is 35.5. The summed E-state index contributed by atoms with van der Waals surface area (Å²) in [4.78, 5) is 28.5. The summed E-state index contributed by atoms with van der Waals surface area (Å²) in [5.74, 6) is 0.637. The van der Waals surface area contributed by atoms with E-state index in [1.54, 1.807) is 6.07 Å². The van der Waals surface area contributed by atoms with Crippen LogP contribution in [0.25, 0.3) is 0 Å². The lowest BCUT2D eigenvalue weighted by Crippen LogP contribution is -2.55. The van der Waals surface area contributed by atoms with Crippen molar-refractivity contribution < 1.29 is 23.5 Å². The van der Waals surface area contributed by atoms with Crippen LogP contribution in [0.5, 0.6) is 5.75 Å². The van der Waals surface area contributed by atoms with Crippen LogP contribution >= 0.6 is 11.6 Å². The first-order chi connectivity index (χ1) is 14.4. The maximum absolute atomic E-state index is 13.2. The van der Waals surface area contributed by atoms with Gasteiger partial charge in [-0.15, -0.1) is 0 Å². The topological polar surface area (TPSA) is 59.1 Å². The summed E-state index contributed by atoms with van der Waals surface area (Å²) in [6, 6.07) is 4.19. The molecule has 30 heavy (non-hydrogen) atoms. The van der Waals surface area contributed by atoms with Crippen molar-refractivity contribution in [2.24, 2.45) is 11.8 Å². The maximum atomic E-state index is 13.2. The Morgan fingerprint density at radius 3 is 2.70 bits per heavy atom. The van der Waals surface area contributed by atoms with E-state index >= 15 is 0 Å². The maximum Gasteiger partial charge on any atom is 0.320 e. The van der Waals surface area contributed by atoms with E-state index in [9.17, 15) is 14.0 Å². The lowest BCUT2D eigenvalue weighted by atomic mass is 9.88. The average molecular weight is 439 g/mol. The number of hydrogen-bond donors (Lipinski definition) is 0. The molecule has 3 fully saturated rings. The second-order valence-electron chi connectivity index (χ2n) is 8.59. The summed E-state index contributed by atoms with van der Waals surface area (Å²) in [6.45, 7) is 4.83. The van der Waals surface area contributed by atoms with Gasteiger partial charge in [0.15, 0.2) is 5.78 Å². The van der Waals surface area contributed by atoms with Crippen LogP contribution in [0.15, 0.2) is 18.2 Å². The van der Waals surface area contributed by atoms with Gasteiger partial charge in [-0.05, 0) is 50.3 Å². The molecule has 164 valence electrons. The molecule has 0 aromatic heterocycles. The fourth-order valence-electron chi connectivity index (χ4n) is 4.78. The number of ether oxygens (including phenoxy) is 2. The monoisotopic (exact) mass is 438 g/mol. The fourth-order valence-corrected chi connectivity index (χ4v) is 4.99. The molecule has 0 saturated carbocycles. The lowest BCUT2D eigenvalue weighted by Gasteiger charge is -2.43. The molecule has 0 bridgehead atoms. The standard InChI is InChI=1S/C22H28ClFN2O4/c1-14(30-21-3-2-17(24)11-19(21)23)15-4-7-25(8-5-15)22(28)26-9-6-20-16(12-26)10-18(27)13-29-20/h2-3,11,14-16,20H,4-10,12-13H2,1H3/t14-,16-,20+/m1/s1. The number of ketones is 1. The number of hydrogen-bond acceptors (Lipinski definition) is 4. The van der Waals surface area contributed by atoms with Crippen molar-refractivity contribution in [2.45, 2.75) is 44.8 Å². The number of piperidine rings is 2. The lowest BCUT2D eigenvalue weighted by molar-refractivity contribution is -0.140. The largest absolute Gasteiger partial charge is 0.489 e. The highest BCUT2D eigenvalue weighted by Gasteiger charge is 2.38. The minimum atomic E-state index is -0.389. The van der Waals surface area contributed by atoms with Gasteiger partial charge in [0.05, 0.1) is 17.2 Å². The zero-order valence-electron chi connectivity index (χ0n) is 17.2. The number of benzene rings is 1. The van der Waals surface area contributed by atoms with Crippen LogP contribution in [-0.2, 0) is 9.53 Å². The Balaban J connectivity index is 1.27. The van der Waals surface area contributed by atoms with E-state index in [0.717, 1.165) is 19.3 Å². The summed E-state index contributed by atoms with van der Waals surface area (Å²) in [6.07, 6.45) is 3.02. The van der Waals surface area contributed by atoms with E-state index in [2.05, 4.69) is 0 Å². The van der Waals surface area contributed by atoms with E-state index < -0.39 is 0 Å². The number of Topliss-reactive ketones (excluding diaryl/α,β-unsaturated/α-hetero) is 1. The molecule has 3 aliphatic rings. The molecule has 0 unspecified atom stereocenters. The second-order valence-corrected chi connectivity index (χ2v) is 9.00. The van der Waals surface area contributed by atoms with Gasteiger partial charge in [0.2, 0.25) is 0 Å². The van der Waals surface area contributed by atoms with Crippen LogP contribution in [0.4, 0.5) is 9.18 Å². The van der Waals surface area contributed by atoms with Crippen LogP contribution in [-0.4, -0.2) is 66.6 Å². The van der Waals surface area contributed by atoms with Crippen molar-refractivity contribution in [3.05, 3.63) is 29.0 Å². The number of likely N-dealkylation sites (tertiary alicyclic amines) is 2. The first-order valence-corrected chi connectivity index (χ1v) is 11.1. The van der Waals surface area contributed by atoms with Crippen molar-refractivity contribution in [1.29, 1.82) is 0 Å². The molecule has 3 atom stereocenters. The second kappa shape index (κ2) is 9.10. The Morgan fingerprint density at radius 1 is 1.23 bits per heavy atom. The van der Waals surface area contributed by atoms with Gasteiger partial charge in [0.1, 0.15) is 18.2 Å². The van der Waals surface area contributed by atoms with Gasteiger partial charge in [0.25, 0.3) is 0 Å². The molecule has 1 aromatic carbocycles. The number of amides is 2. The summed E-state index contributed by atoms with van der Waals surface area (Å²) >= 11 is 6.07. The minimum absolute atomic E-state index is 0.0556. The third kappa shape index (κ3) is 4.72. The highest BCUT2D eigenvalue weighted by molar-refractivity contribution is 6.32. The van der Waals surface area contributed by atoms with Gasteiger partial charge >= 0.3 is 6.03 Å².